The van der Waals surface area contributed by atoms with E-state index in [0.29, 0.717) is 18.7 Å². The number of rotatable bonds is 10. The van der Waals surface area contributed by atoms with Crippen LogP contribution in [0.5, 0.6) is 0 Å². The van der Waals surface area contributed by atoms with Crippen molar-refractivity contribution in [2.75, 3.05) is 5.75 Å². The standard InChI is InChI=1S/C27H36N2O2S/c1-4-25(27(31)28-24-15-9-10-16-24)29(17-22-13-7-5-11-20(22)2)26(30)19-32-18-23-14-8-6-12-21(23)3/h5-8,11-14,24-25H,4,9-10,15-19H2,1-3H3,(H,28,31)/t25-/m0/s1. The lowest BCUT2D eigenvalue weighted by Gasteiger charge is -2.32. The summed E-state index contributed by atoms with van der Waals surface area (Å²) < 4.78 is 0. The van der Waals surface area contributed by atoms with E-state index in [-0.39, 0.29) is 17.9 Å². The molecule has 1 aliphatic carbocycles. The largest absolute Gasteiger partial charge is 0.352 e. The van der Waals surface area contributed by atoms with Gasteiger partial charge < -0.3 is 10.2 Å². The Balaban J connectivity index is 1.72. The summed E-state index contributed by atoms with van der Waals surface area (Å²) in [5.74, 6) is 1.18. The highest BCUT2D eigenvalue weighted by Crippen LogP contribution is 2.22. The molecule has 0 saturated heterocycles. The Kier molecular flexibility index (Phi) is 9.22. The smallest absolute Gasteiger partial charge is 0.243 e. The van der Waals surface area contributed by atoms with Crippen molar-refractivity contribution in [1.82, 2.24) is 10.2 Å². The van der Waals surface area contributed by atoms with Gasteiger partial charge in [-0.15, -0.1) is 11.8 Å². The van der Waals surface area contributed by atoms with Gasteiger partial charge in [0.2, 0.25) is 11.8 Å². The summed E-state index contributed by atoms with van der Waals surface area (Å²) in [5.41, 5.74) is 4.73. The predicted molar refractivity (Wildman–Crippen MR) is 134 cm³/mol. The van der Waals surface area contributed by atoms with E-state index in [1.807, 2.05) is 31.2 Å². The zero-order valence-electron chi connectivity index (χ0n) is 19.6. The van der Waals surface area contributed by atoms with Crippen molar-refractivity contribution >= 4 is 23.6 Å². The SMILES string of the molecule is CC[C@@H](C(=O)NC1CCCC1)N(Cc1ccccc1C)C(=O)CSCc1ccccc1C. The number of hydrogen-bond donors (Lipinski definition) is 1. The second-order valence-corrected chi connectivity index (χ2v) is 9.77. The number of carbonyl (C=O) groups excluding carboxylic acids is 2. The van der Waals surface area contributed by atoms with Crippen molar-refractivity contribution < 1.29 is 9.59 Å². The molecule has 0 spiro atoms. The Labute approximate surface area is 197 Å². The average Bonchev–Trinajstić information content (AvgIpc) is 3.29. The lowest BCUT2D eigenvalue weighted by molar-refractivity contribution is -0.139. The van der Waals surface area contributed by atoms with E-state index in [2.05, 4.69) is 43.4 Å². The molecule has 0 bridgehead atoms. The first kappa shape index (κ1) is 24.4. The van der Waals surface area contributed by atoms with E-state index in [1.165, 1.54) is 24.0 Å². The number of thioether (sulfide) groups is 1. The Morgan fingerprint density at radius 2 is 1.59 bits per heavy atom. The molecule has 1 N–H and O–H groups in total. The van der Waals surface area contributed by atoms with E-state index >= 15 is 0 Å². The Morgan fingerprint density at radius 3 is 2.19 bits per heavy atom. The van der Waals surface area contributed by atoms with Crippen LogP contribution in [0.25, 0.3) is 0 Å². The van der Waals surface area contributed by atoms with Crippen molar-refractivity contribution in [3.8, 4) is 0 Å². The maximum Gasteiger partial charge on any atom is 0.243 e. The highest BCUT2D eigenvalue weighted by atomic mass is 32.2. The molecular weight excluding hydrogens is 416 g/mol. The summed E-state index contributed by atoms with van der Waals surface area (Å²) in [5, 5.41) is 3.22. The summed E-state index contributed by atoms with van der Waals surface area (Å²) in [4.78, 5) is 28.4. The third-order valence-corrected chi connectivity index (χ3v) is 7.40. The van der Waals surface area contributed by atoms with Crippen LogP contribution in [0.4, 0.5) is 0 Å². The number of benzene rings is 2. The van der Waals surface area contributed by atoms with E-state index in [4.69, 9.17) is 0 Å². The summed E-state index contributed by atoms with van der Waals surface area (Å²) in [6, 6.07) is 16.2. The molecule has 1 atom stereocenters. The van der Waals surface area contributed by atoms with Crippen LogP contribution in [-0.2, 0) is 21.9 Å². The number of carbonyl (C=O) groups is 2. The van der Waals surface area contributed by atoms with Crippen molar-refractivity contribution in [1.29, 1.82) is 0 Å². The van der Waals surface area contributed by atoms with Gasteiger partial charge >= 0.3 is 0 Å². The molecule has 0 heterocycles. The van der Waals surface area contributed by atoms with Crippen LogP contribution in [0, 0.1) is 13.8 Å². The second kappa shape index (κ2) is 12.1. The minimum Gasteiger partial charge on any atom is -0.352 e. The molecular formula is C27H36N2O2S. The van der Waals surface area contributed by atoms with E-state index in [1.54, 1.807) is 16.7 Å². The molecule has 0 aliphatic heterocycles. The maximum absolute atomic E-state index is 13.4. The van der Waals surface area contributed by atoms with Crippen molar-refractivity contribution in [2.45, 2.75) is 77.3 Å². The maximum atomic E-state index is 13.4. The van der Waals surface area contributed by atoms with Gasteiger partial charge in [-0.2, -0.15) is 0 Å². The molecule has 2 amide bonds. The number of nitrogens with one attached hydrogen (secondary N) is 1. The lowest BCUT2D eigenvalue weighted by atomic mass is 10.1. The molecule has 4 nitrogen and oxygen atoms in total. The quantitative estimate of drug-likeness (QED) is 0.525. The minimum absolute atomic E-state index is 0.00904. The van der Waals surface area contributed by atoms with Crippen LogP contribution in [0.1, 0.15) is 61.3 Å². The van der Waals surface area contributed by atoms with Gasteiger partial charge in [0, 0.05) is 18.3 Å². The van der Waals surface area contributed by atoms with Gasteiger partial charge in [-0.05, 0) is 55.4 Å². The molecule has 2 aromatic rings. The highest BCUT2D eigenvalue weighted by Gasteiger charge is 2.30. The molecule has 1 aliphatic rings. The molecule has 1 saturated carbocycles. The third-order valence-electron chi connectivity index (χ3n) is 6.43. The van der Waals surface area contributed by atoms with Gasteiger partial charge in [-0.25, -0.2) is 0 Å². The Hall–Kier alpha value is -2.27. The van der Waals surface area contributed by atoms with Crippen molar-refractivity contribution in [3.05, 3.63) is 70.8 Å². The average molecular weight is 453 g/mol. The summed E-state index contributed by atoms with van der Waals surface area (Å²) >= 11 is 1.62. The topological polar surface area (TPSA) is 49.4 Å². The van der Waals surface area contributed by atoms with Crippen molar-refractivity contribution in [3.63, 3.8) is 0 Å². The molecule has 3 rings (SSSR count). The van der Waals surface area contributed by atoms with Crippen molar-refractivity contribution in [2.24, 2.45) is 0 Å². The van der Waals surface area contributed by atoms with E-state index in [9.17, 15) is 9.59 Å². The zero-order chi connectivity index (χ0) is 22.9. The molecule has 32 heavy (non-hydrogen) atoms. The second-order valence-electron chi connectivity index (χ2n) is 8.78. The van der Waals surface area contributed by atoms with Gasteiger partial charge in [0.25, 0.3) is 0 Å². The summed E-state index contributed by atoms with van der Waals surface area (Å²) in [6.07, 6.45) is 5.03. The first-order valence-corrected chi connectivity index (χ1v) is 12.9. The molecule has 0 unspecified atom stereocenters. The number of hydrogen-bond acceptors (Lipinski definition) is 3. The van der Waals surface area contributed by atoms with Crippen LogP contribution in [-0.4, -0.2) is 34.6 Å². The number of aryl methyl sites for hydroxylation is 2. The molecule has 2 aromatic carbocycles. The fraction of sp³-hybridized carbons (Fsp3) is 0.481. The number of nitrogens with zero attached hydrogens (tertiary/aromatic N) is 1. The van der Waals surface area contributed by atoms with Gasteiger partial charge in [0.05, 0.1) is 5.75 Å². The third kappa shape index (κ3) is 6.61. The highest BCUT2D eigenvalue weighted by molar-refractivity contribution is 7.99. The normalized spacial score (nSPS) is 14.8. The number of amides is 2. The van der Waals surface area contributed by atoms with Gasteiger partial charge in [0.15, 0.2) is 0 Å². The van der Waals surface area contributed by atoms with E-state index in [0.717, 1.165) is 29.7 Å². The van der Waals surface area contributed by atoms with Gasteiger partial charge in [0.1, 0.15) is 6.04 Å². The summed E-state index contributed by atoms with van der Waals surface area (Å²) in [7, 11) is 0. The first-order valence-electron chi connectivity index (χ1n) is 11.8. The van der Waals surface area contributed by atoms with Gasteiger partial charge in [-0.1, -0.05) is 68.3 Å². The fourth-order valence-corrected chi connectivity index (χ4v) is 5.35. The van der Waals surface area contributed by atoms with E-state index < -0.39 is 6.04 Å². The predicted octanol–water partition coefficient (Wildman–Crippen LogP) is 5.40. The molecule has 5 heteroatoms. The molecule has 0 radical (unpaired) electrons. The van der Waals surface area contributed by atoms with Crippen LogP contribution in [0.3, 0.4) is 0 Å². The zero-order valence-corrected chi connectivity index (χ0v) is 20.4. The Bertz CT molecular complexity index is 908. The molecule has 1 fully saturated rings. The monoisotopic (exact) mass is 452 g/mol. The van der Waals surface area contributed by atoms with Crippen LogP contribution in [0.2, 0.25) is 0 Å². The lowest BCUT2D eigenvalue weighted by Crippen LogP contribution is -2.51. The molecule has 172 valence electrons. The fourth-order valence-electron chi connectivity index (χ4n) is 4.36. The van der Waals surface area contributed by atoms with Crippen LogP contribution >= 0.6 is 11.8 Å². The summed E-state index contributed by atoms with van der Waals surface area (Å²) in [6.45, 7) is 6.62. The first-order chi connectivity index (χ1) is 15.5. The molecule has 0 aromatic heterocycles. The van der Waals surface area contributed by atoms with Crippen LogP contribution in [0.15, 0.2) is 48.5 Å². The van der Waals surface area contributed by atoms with Gasteiger partial charge in [-0.3, -0.25) is 9.59 Å². The minimum atomic E-state index is -0.443. The Morgan fingerprint density at radius 1 is 1.00 bits per heavy atom. The van der Waals surface area contributed by atoms with Crippen LogP contribution < -0.4 is 5.32 Å².